The molecule has 31 heavy (non-hydrogen) atoms. The largest absolute Gasteiger partial charge is 0.461 e. The number of carbonyl (C=O) groups excluding carboxylic acids is 2. The first-order valence-electron chi connectivity index (χ1n) is 10.9. The van der Waals surface area contributed by atoms with E-state index in [4.69, 9.17) is 4.42 Å². The molecule has 1 aliphatic heterocycles. The Morgan fingerprint density at radius 1 is 1.10 bits per heavy atom. The predicted octanol–water partition coefficient (Wildman–Crippen LogP) is 5.58. The number of unbranched alkanes of at least 4 members (excludes halogenated alkanes) is 1. The van der Waals surface area contributed by atoms with Crippen molar-refractivity contribution in [3.8, 4) is 11.3 Å². The summed E-state index contributed by atoms with van der Waals surface area (Å²) in [7, 11) is 0. The summed E-state index contributed by atoms with van der Waals surface area (Å²) in [6, 6.07) is 17.4. The first kappa shape index (κ1) is 20.9. The van der Waals surface area contributed by atoms with Crippen LogP contribution in [0, 0.1) is 6.92 Å². The Hall–Kier alpha value is -3.34. The molecule has 0 bridgehead atoms. The van der Waals surface area contributed by atoms with Crippen molar-refractivity contribution in [3.63, 3.8) is 0 Å². The summed E-state index contributed by atoms with van der Waals surface area (Å²) in [5, 5.41) is 2.96. The number of fused-ring (bicyclic) bond motifs is 1. The molecule has 5 nitrogen and oxygen atoms in total. The zero-order chi connectivity index (χ0) is 21.8. The van der Waals surface area contributed by atoms with Crippen molar-refractivity contribution in [1.29, 1.82) is 0 Å². The van der Waals surface area contributed by atoms with E-state index in [1.807, 2.05) is 66.4 Å². The normalized spacial score (nSPS) is 13.0. The van der Waals surface area contributed by atoms with Crippen LogP contribution in [0.15, 0.2) is 59.0 Å². The van der Waals surface area contributed by atoms with Gasteiger partial charge in [0, 0.05) is 48.3 Å². The molecule has 3 aromatic rings. The number of anilines is 1. The van der Waals surface area contributed by atoms with E-state index in [0.29, 0.717) is 25.9 Å². The van der Waals surface area contributed by atoms with Crippen molar-refractivity contribution >= 4 is 17.5 Å². The zero-order valence-electron chi connectivity index (χ0n) is 18.1. The van der Waals surface area contributed by atoms with Crippen LogP contribution in [0.25, 0.3) is 11.3 Å². The first-order chi connectivity index (χ1) is 15.0. The Kier molecular flexibility index (Phi) is 6.21. The average Bonchev–Trinajstić information content (AvgIpc) is 3.21. The van der Waals surface area contributed by atoms with Gasteiger partial charge in [-0.2, -0.15) is 0 Å². The lowest BCUT2D eigenvalue weighted by atomic mass is 10.1. The van der Waals surface area contributed by atoms with Crippen molar-refractivity contribution in [3.05, 3.63) is 77.0 Å². The van der Waals surface area contributed by atoms with Gasteiger partial charge < -0.3 is 14.6 Å². The smallest absolute Gasteiger partial charge is 0.254 e. The number of hydrogen-bond acceptors (Lipinski definition) is 3. The second kappa shape index (κ2) is 9.21. The second-order valence-electron chi connectivity index (χ2n) is 8.14. The third-order valence-corrected chi connectivity index (χ3v) is 5.61. The van der Waals surface area contributed by atoms with Crippen LogP contribution in [0.5, 0.6) is 0 Å². The van der Waals surface area contributed by atoms with Crippen molar-refractivity contribution in [2.75, 3.05) is 11.9 Å². The highest BCUT2D eigenvalue weighted by Gasteiger charge is 2.25. The van der Waals surface area contributed by atoms with E-state index in [1.54, 1.807) is 0 Å². The summed E-state index contributed by atoms with van der Waals surface area (Å²) >= 11 is 0. The molecule has 1 aromatic heterocycles. The molecule has 160 valence electrons. The number of aryl methyl sites for hydroxylation is 1. The molecule has 0 fully saturated rings. The van der Waals surface area contributed by atoms with E-state index in [-0.39, 0.29) is 11.8 Å². The minimum Gasteiger partial charge on any atom is -0.461 e. The van der Waals surface area contributed by atoms with Gasteiger partial charge in [0.1, 0.15) is 11.5 Å². The van der Waals surface area contributed by atoms with E-state index in [0.717, 1.165) is 52.3 Å². The first-order valence-corrected chi connectivity index (χ1v) is 10.9. The molecule has 0 radical (unpaired) electrons. The van der Waals surface area contributed by atoms with Gasteiger partial charge in [0.25, 0.3) is 5.91 Å². The van der Waals surface area contributed by atoms with Gasteiger partial charge in [-0.3, -0.25) is 9.59 Å². The molecular weight excluding hydrogens is 388 g/mol. The van der Waals surface area contributed by atoms with Crippen molar-refractivity contribution in [2.24, 2.45) is 0 Å². The monoisotopic (exact) mass is 416 g/mol. The molecule has 0 unspecified atom stereocenters. The van der Waals surface area contributed by atoms with Crippen LogP contribution in [0.2, 0.25) is 0 Å². The third-order valence-electron chi connectivity index (χ3n) is 5.61. The van der Waals surface area contributed by atoms with Crippen LogP contribution >= 0.6 is 0 Å². The Balaban J connectivity index is 1.49. The molecule has 1 N–H and O–H groups in total. The van der Waals surface area contributed by atoms with Gasteiger partial charge in [0.2, 0.25) is 5.91 Å². The fraction of sp³-hybridized carbons (Fsp3) is 0.308. The standard InChI is InChI=1S/C26H28N2O3/c1-3-4-11-25(29)27-22-10-6-8-19(15-22)24-16-21-17-28(13-12-23(21)31-24)26(30)20-9-5-7-18(2)14-20/h5-10,14-16H,3-4,11-13,17H2,1-2H3,(H,27,29). The van der Waals surface area contributed by atoms with Crippen LogP contribution in [-0.2, 0) is 17.8 Å². The maximum atomic E-state index is 12.9. The number of furan rings is 1. The highest BCUT2D eigenvalue weighted by Crippen LogP contribution is 2.31. The number of nitrogens with one attached hydrogen (secondary N) is 1. The molecular formula is C26H28N2O3. The van der Waals surface area contributed by atoms with Gasteiger partial charge in [0.05, 0.1) is 0 Å². The number of hydrogen-bond donors (Lipinski definition) is 1. The lowest BCUT2D eigenvalue weighted by Crippen LogP contribution is -2.35. The lowest BCUT2D eigenvalue weighted by molar-refractivity contribution is -0.116. The molecule has 0 spiro atoms. The van der Waals surface area contributed by atoms with E-state index in [1.165, 1.54) is 0 Å². The van der Waals surface area contributed by atoms with Crippen LogP contribution in [0.1, 0.15) is 53.4 Å². The summed E-state index contributed by atoms with van der Waals surface area (Å²) in [4.78, 5) is 26.8. The van der Waals surface area contributed by atoms with E-state index in [9.17, 15) is 9.59 Å². The molecule has 2 aromatic carbocycles. The molecule has 4 rings (SSSR count). The van der Waals surface area contributed by atoms with Crippen LogP contribution < -0.4 is 5.32 Å². The number of benzene rings is 2. The Labute approximate surface area is 183 Å². The highest BCUT2D eigenvalue weighted by atomic mass is 16.3. The number of rotatable bonds is 6. The van der Waals surface area contributed by atoms with E-state index < -0.39 is 0 Å². The Morgan fingerprint density at radius 3 is 2.74 bits per heavy atom. The predicted molar refractivity (Wildman–Crippen MR) is 122 cm³/mol. The van der Waals surface area contributed by atoms with Crippen molar-refractivity contribution < 1.29 is 14.0 Å². The second-order valence-corrected chi connectivity index (χ2v) is 8.14. The quantitative estimate of drug-likeness (QED) is 0.570. The van der Waals surface area contributed by atoms with Gasteiger partial charge >= 0.3 is 0 Å². The van der Waals surface area contributed by atoms with Crippen LogP contribution in [0.3, 0.4) is 0 Å². The van der Waals surface area contributed by atoms with E-state index in [2.05, 4.69) is 12.2 Å². The van der Waals surface area contributed by atoms with Gasteiger partial charge in [-0.25, -0.2) is 0 Å². The van der Waals surface area contributed by atoms with Crippen LogP contribution in [-0.4, -0.2) is 23.3 Å². The van der Waals surface area contributed by atoms with E-state index >= 15 is 0 Å². The number of amides is 2. The summed E-state index contributed by atoms with van der Waals surface area (Å²) in [5.74, 6) is 1.78. The summed E-state index contributed by atoms with van der Waals surface area (Å²) in [6.07, 6.45) is 3.10. The fourth-order valence-corrected chi connectivity index (χ4v) is 3.92. The maximum absolute atomic E-state index is 12.9. The summed E-state index contributed by atoms with van der Waals surface area (Å²) < 4.78 is 6.12. The van der Waals surface area contributed by atoms with Crippen molar-refractivity contribution in [2.45, 2.75) is 46.1 Å². The molecule has 0 aliphatic carbocycles. The molecule has 2 heterocycles. The Morgan fingerprint density at radius 2 is 1.94 bits per heavy atom. The van der Waals surface area contributed by atoms with Gasteiger partial charge in [-0.1, -0.05) is 43.2 Å². The van der Waals surface area contributed by atoms with Gasteiger partial charge in [-0.05, 0) is 43.7 Å². The summed E-state index contributed by atoms with van der Waals surface area (Å²) in [5.41, 5.74) is 4.53. The zero-order valence-corrected chi connectivity index (χ0v) is 18.1. The molecule has 1 aliphatic rings. The average molecular weight is 417 g/mol. The highest BCUT2D eigenvalue weighted by molar-refractivity contribution is 5.94. The SMILES string of the molecule is CCCCC(=O)Nc1cccc(-c2cc3c(o2)CCN(C(=O)c2cccc(C)c2)C3)c1. The molecule has 0 saturated carbocycles. The number of carbonyl (C=O) groups is 2. The minimum atomic E-state index is 0.0306. The number of nitrogens with zero attached hydrogens (tertiary/aromatic N) is 1. The topological polar surface area (TPSA) is 62.6 Å². The molecule has 2 amide bonds. The van der Waals surface area contributed by atoms with Crippen molar-refractivity contribution in [1.82, 2.24) is 4.90 Å². The Bertz CT molecular complexity index is 1100. The van der Waals surface area contributed by atoms with Crippen LogP contribution in [0.4, 0.5) is 5.69 Å². The maximum Gasteiger partial charge on any atom is 0.254 e. The fourth-order valence-electron chi connectivity index (χ4n) is 3.92. The lowest BCUT2D eigenvalue weighted by Gasteiger charge is -2.26. The van der Waals surface area contributed by atoms with Gasteiger partial charge in [-0.15, -0.1) is 0 Å². The minimum absolute atomic E-state index is 0.0306. The molecule has 0 atom stereocenters. The molecule has 5 heteroatoms. The van der Waals surface area contributed by atoms with Gasteiger partial charge in [0.15, 0.2) is 0 Å². The summed E-state index contributed by atoms with van der Waals surface area (Å²) in [6.45, 7) is 5.25. The molecule has 0 saturated heterocycles. The third kappa shape index (κ3) is 4.88.